The summed E-state index contributed by atoms with van der Waals surface area (Å²) in [6.45, 7) is 10.9. The van der Waals surface area contributed by atoms with E-state index >= 15 is 0 Å². The van der Waals surface area contributed by atoms with Crippen molar-refractivity contribution in [1.82, 2.24) is 0 Å². The maximum atomic E-state index is 12.2. The number of aryl methyl sites for hydroxylation is 2. The molecule has 0 unspecified atom stereocenters. The highest BCUT2D eigenvalue weighted by Gasteiger charge is 2.17. The van der Waals surface area contributed by atoms with E-state index in [-0.39, 0.29) is 18.0 Å². The van der Waals surface area contributed by atoms with Crippen LogP contribution in [0.2, 0.25) is 0 Å². The van der Waals surface area contributed by atoms with E-state index in [0.29, 0.717) is 11.1 Å². The molecule has 3 nitrogen and oxygen atoms in total. The van der Waals surface area contributed by atoms with E-state index in [9.17, 15) is 4.79 Å². The summed E-state index contributed by atoms with van der Waals surface area (Å²) < 4.78 is 5.45. The fourth-order valence-corrected chi connectivity index (χ4v) is 2.56. The van der Waals surface area contributed by atoms with Crippen molar-refractivity contribution in [3.8, 4) is 6.07 Å². The first-order chi connectivity index (χ1) is 11.2. The monoisotopic (exact) mass is 321 g/mol. The Bertz CT molecular complexity index is 767. The largest absolute Gasteiger partial charge is 0.457 e. The average molecular weight is 321 g/mol. The Balaban J connectivity index is 2.14. The summed E-state index contributed by atoms with van der Waals surface area (Å²) in [6, 6.07) is 12.8. The summed E-state index contributed by atoms with van der Waals surface area (Å²) in [6.07, 6.45) is 0. The van der Waals surface area contributed by atoms with Gasteiger partial charge in [-0.1, -0.05) is 32.9 Å². The van der Waals surface area contributed by atoms with Crippen LogP contribution in [0.4, 0.5) is 0 Å². The van der Waals surface area contributed by atoms with Crippen molar-refractivity contribution >= 4 is 5.97 Å². The minimum absolute atomic E-state index is 0.0905. The molecule has 2 aromatic carbocycles. The fraction of sp³-hybridized carbons (Fsp3) is 0.333. The molecule has 0 aliphatic carbocycles. The van der Waals surface area contributed by atoms with Crippen molar-refractivity contribution in [2.75, 3.05) is 0 Å². The minimum atomic E-state index is -0.377. The van der Waals surface area contributed by atoms with E-state index in [4.69, 9.17) is 10.00 Å². The Labute approximate surface area is 143 Å². The first kappa shape index (κ1) is 17.7. The lowest BCUT2D eigenvalue weighted by Gasteiger charge is -2.22. The third-order valence-corrected chi connectivity index (χ3v) is 4.16. The standard InChI is InChI=1S/C21H23NO2/c1-14-10-18(21(3,4)5)11-15(2)19(14)13-24-20(23)17-8-6-16(12-22)7-9-17/h6-11H,13H2,1-5H3. The van der Waals surface area contributed by atoms with Gasteiger partial charge in [0.15, 0.2) is 0 Å². The quantitative estimate of drug-likeness (QED) is 0.761. The van der Waals surface area contributed by atoms with Crippen LogP contribution in [0.5, 0.6) is 0 Å². The maximum absolute atomic E-state index is 12.2. The van der Waals surface area contributed by atoms with Gasteiger partial charge in [0.2, 0.25) is 0 Å². The van der Waals surface area contributed by atoms with Gasteiger partial charge in [-0.05, 0) is 65.8 Å². The molecule has 0 radical (unpaired) electrons. The number of esters is 1. The van der Waals surface area contributed by atoms with E-state index in [2.05, 4.69) is 32.9 Å². The van der Waals surface area contributed by atoms with Gasteiger partial charge in [0.05, 0.1) is 17.2 Å². The molecule has 0 aliphatic rings. The molecule has 0 heterocycles. The van der Waals surface area contributed by atoms with Gasteiger partial charge in [0.1, 0.15) is 6.61 Å². The predicted octanol–water partition coefficient (Wildman–Crippen LogP) is 4.83. The number of nitriles is 1. The van der Waals surface area contributed by atoms with Crippen LogP contribution in [0.25, 0.3) is 0 Å². The first-order valence-electron chi connectivity index (χ1n) is 8.00. The normalized spacial score (nSPS) is 11.0. The van der Waals surface area contributed by atoms with Crippen LogP contribution >= 0.6 is 0 Å². The van der Waals surface area contributed by atoms with E-state index in [1.54, 1.807) is 24.3 Å². The Morgan fingerprint density at radius 2 is 1.62 bits per heavy atom. The molecule has 0 fully saturated rings. The Hall–Kier alpha value is -2.60. The molecule has 124 valence electrons. The van der Waals surface area contributed by atoms with Crippen molar-refractivity contribution in [3.63, 3.8) is 0 Å². The van der Waals surface area contributed by atoms with Crippen molar-refractivity contribution in [2.45, 2.75) is 46.6 Å². The fourth-order valence-electron chi connectivity index (χ4n) is 2.56. The molecule has 0 N–H and O–H groups in total. The van der Waals surface area contributed by atoms with Crippen LogP contribution in [-0.4, -0.2) is 5.97 Å². The number of ether oxygens (including phenoxy) is 1. The summed E-state index contributed by atoms with van der Waals surface area (Å²) in [5.74, 6) is -0.377. The third-order valence-electron chi connectivity index (χ3n) is 4.16. The van der Waals surface area contributed by atoms with Gasteiger partial charge in [0, 0.05) is 0 Å². The van der Waals surface area contributed by atoms with Gasteiger partial charge in [-0.2, -0.15) is 5.26 Å². The SMILES string of the molecule is Cc1cc(C(C)(C)C)cc(C)c1COC(=O)c1ccc(C#N)cc1. The molecular formula is C21H23NO2. The van der Waals surface area contributed by atoms with E-state index < -0.39 is 0 Å². The predicted molar refractivity (Wildman–Crippen MR) is 94.9 cm³/mol. The number of rotatable bonds is 3. The lowest BCUT2D eigenvalue weighted by Crippen LogP contribution is -2.13. The highest BCUT2D eigenvalue weighted by atomic mass is 16.5. The van der Waals surface area contributed by atoms with Crippen molar-refractivity contribution < 1.29 is 9.53 Å². The van der Waals surface area contributed by atoms with E-state index in [0.717, 1.165) is 16.7 Å². The first-order valence-corrected chi connectivity index (χ1v) is 8.00. The summed E-state index contributed by atoms with van der Waals surface area (Å²) >= 11 is 0. The molecule has 0 saturated heterocycles. The Morgan fingerprint density at radius 1 is 1.08 bits per heavy atom. The molecule has 24 heavy (non-hydrogen) atoms. The smallest absolute Gasteiger partial charge is 0.338 e. The van der Waals surface area contributed by atoms with Gasteiger partial charge in [-0.15, -0.1) is 0 Å². The van der Waals surface area contributed by atoms with Gasteiger partial charge in [0.25, 0.3) is 0 Å². The highest BCUT2D eigenvalue weighted by Crippen LogP contribution is 2.27. The van der Waals surface area contributed by atoms with Crippen molar-refractivity contribution in [3.05, 3.63) is 69.8 Å². The van der Waals surface area contributed by atoms with Gasteiger partial charge < -0.3 is 4.74 Å². The number of carbonyl (C=O) groups excluding carboxylic acids is 1. The zero-order chi connectivity index (χ0) is 17.9. The summed E-state index contributed by atoms with van der Waals surface area (Å²) in [4.78, 5) is 12.2. The van der Waals surface area contributed by atoms with Crippen molar-refractivity contribution in [1.29, 1.82) is 5.26 Å². The third kappa shape index (κ3) is 4.02. The van der Waals surface area contributed by atoms with Gasteiger partial charge in [-0.3, -0.25) is 0 Å². The summed E-state index contributed by atoms with van der Waals surface area (Å²) in [5, 5.41) is 8.79. The lowest BCUT2D eigenvalue weighted by molar-refractivity contribution is 0.0471. The highest BCUT2D eigenvalue weighted by molar-refractivity contribution is 5.89. The number of carbonyl (C=O) groups is 1. The topological polar surface area (TPSA) is 50.1 Å². The molecule has 2 aromatic rings. The Kier molecular flexibility index (Phi) is 5.09. The van der Waals surface area contributed by atoms with E-state index in [1.807, 2.05) is 19.9 Å². The molecule has 3 heteroatoms. The second-order valence-electron chi connectivity index (χ2n) is 7.10. The van der Waals surface area contributed by atoms with Crippen LogP contribution in [0.3, 0.4) is 0 Å². The number of hydrogen-bond acceptors (Lipinski definition) is 3. The molecule has 0 aromatic heterocycles. The second kappa shape index (κ2) is 6.88. The lowest BCUT2D eigenvalue weighted by atomic mass is 9.84. The molecular weight excluding hydrogens is 298 g/mol. The molecule has 0 bridgehead atoms. The molecule has 0 aliphatic heterocycles. The van der Waals surface area contributed by atoms with Crippen LogP contribution in [0.1, 0.15) is 58.9 Å². The summed E-state index contributed by atoms with van der Waals surface area (Å²) in [7, 11) is 0. The van der Waals surface area contributed by atoms with Gasteiger partial charge >= 0.3 is 5.97 Å². The molecule has 0 atom stereocenters. The number of hydrogen-bond donors (Lipinski definition) is 0. The average Bonchev–Trinajstić information content (AvgIpc) is 2.53. The van der Waals surface area contributed by atoms with Crippen LogP contribution in [0, 0.1) is 25.2 Å². The summed E-state index contributed by atoms with van der Waals surface area (Å²) in [5.41, 5.74) is 5.66. The zero-order valence-corrected chi connectivity index (χ0v) is 14.9. The molecule has 0 amide bonds. The molecule has 2 rings (SSSR count). The van der Waals surface area contributed by atoms with Crippen LogP contribution in [0.15, 0.2) is 36.4 Å². The number of nitrogens with zero attached hydrogens (tertiary/aromatic N) is 1. The second-order valence-corrected chi connectivity index (χ2v) is 7.10. The molecule has 0 saturated carbocycles. The molecule has 0 spiro atoms. The van der Waals surface area contributed by atoms with E-state index in [1.165, 1.54) is 5.56 Å². The van der Waals surface area contributed by atoms with Crippen molar-refractivity contribution in [2.24, 2.45) is 0 Å². The maximum Gasteiger partial charge on any atom is 0.338 e. The minimum Gasteiger partial charge on any atom is -0.457 e. The van der Waals surface area contributed by atoms with Crippen LogP contribution in [-0.2, 0) is 16.8 Å². The van der Waals surface area contributed by atoms with Crippen LogP contribution < -0.4 is 0 Å². The zero-order valence-electron chi connectivity index (χ0n) is 14.9. The Morgan fingerprint density at radius 3 is 2.08 bits per heavy atom. The number of benzene rings is 2. The van der Waals surface area contributed by atoms with Gasteiger partial charge in [-0.25, -0.2) is 4.79 Å².